The molecule has 0 amide bonds. The van der Waals surface area contributed by atoms with E-state index in [1.807, 2.05) is 0 Å². The SMILES string of the molecule is CCC(CC)C(O)c1csc(I)c1. The lowest BCUT2D eigenvalue weighted by molar-refractivity contribution is 0.104. The van der Waals surface area contributed by atoms with Gasteiger partial charge in [-0.3, -0.25) is 0 Å². The van der Waals surface area contributed by atoms with Crippen LogP contribution in [-0.2, 0) is 0 Å². The van der Waals surface area contributed by atoms with E-state index in [4.69, 9.17) is 0 Å². The fourth-order valence-electron chi connectivity index (χ4n) is 1.49. The van der Waals surface area contributed by atoms with Crippen LogP contribution in [0, 0.1) is 8.80 Å². The predicted molar refractivity (Wildman–Crippen MR) is 66.1 cm³/mol. The van der Waals surface area contributed by atoms with E-state index in [1.54, 1.807) is 11.3 Å². The second kappa shape index (κ2) is 5.32. The Balaban J connectivity index is 2.71. The van der Waals surface area contributed by atoms with Crippen molar-refractivity contribution in [3.8, 4) is 0 Å². The summed E-state index contributed by atoms with van der Waals surface area (Å²) in [5.41, 5.74) is 1.09. The van der Waals surface area contributed by atoms with E-state index in [0.717, 1.165) is 18.4 Å². The van der Waals surface area contributed by atoms with Crippen LogP contribution in [0.1, 0.15) is 38.4 Å². The normalized spacial score (nSPS) is 13.6. The highest BCUT2D eigenvalue weighted by molar-refractivity contribution is 14.1. The molecule has 13 heavy (non-hydrogen) atoms. The third-order valence-electron chi connectivity index (χ3n) is 2.42. The quantitative estimate of drug-likeness (QED) is 0.838. The number of halogens is 1. The van der Waals surface area contributed by atoms with Gasteiger partial charge in [-0.15, -0.1) is 11.3 Å². The van der Waals surface area contributed by atoms with Gasteiger partial charge in [0.25, 0.3) is 0 Å². The molecule has 1 rings (SSSR count). The molecule has 0 aromatic carbocycles. The van der Waals surface area contributed by atoms with Gasteiger partial charge in [0.05, 0.1) is 8.99 Å². The van der Waals surface area contributed by atoms with Crippen LogP contribution in [0.15, 0.2) is 11.4 Å². The molecular formula is C10H15IOS. The van der Waals surface area contributed by atoms with Gasteiger partial charge in [0.2, 0.25) is 0 Å². The molecule has 0 bridgehead atoms. The second-order valence-electron chi connectivity index (χ2n) is 3.21. The van der Waals surface area contributed by atoms with Crippen molar-refractivity contribution in [2.75, 3.05) is 0 Å². The summed E-state index contributed by atoms with van der Waals surface area (Å²) in [6.45, 7) is 4.27. The van der Waals surface area contributed by atoms with Crippen LogP contribution in [0.25, 0.3) is 0 Å². The first-order valence-electron chi connectivity index (χ1n) is 4.61. The standard InChI is InChI=1S/C10H15IOS/c1-3-7(4-2)10(12)8-5-9(11)13-6-8/h5-7,10,12H,3-4H2,1-2H3. The van der Waals surface area contributed by atoms with Crippen LogP contribution in [0.5, 0.6) is 0 Å². The maximum absolute atomic E-state index is 10.00. The molecule has 0 aliphatic heterocycles. The first kappa shape index (κ1) is 11.5. The average Bonchev–Trinajstić information content (AvgIpc) is 2.54. The first-order valence-corrected chi connectivity index (χ1v) is 6.56. The van der Waals surface area contributed by atoms with Crippen molar-refractivity contribution in [1.29, 1.82) is 0 Å². The Morgan fingerprint density at radius 2 is 2.08 bits per heavy atom. The number of aliphatic hydroxyl groups excluding tert-OH is 1. The second-order valence-corrected chi connectivity index (χ2v) is 6.01. The fourth-order valence-corrected chi connectivity index (χ4v) is 2.89. The summed E-state index contributed by atoms with van der Waals surface area (Å²) in [7, 11) is 0. The van der Waals surface area contributed by atoms with E-state index in [2.05, 4.69) is 47.9 Å². The third kappa shape index (κ3) is 2.92. The highest BCUT2D eigenvalue weighted by atomic mass is 127. The van der Waals surface area contributed by atoms with Crippen molar-refractivity contribution in [2.45, 2.75) is 32.8 Å². The lowest BCUT2D eigenvalue weighted by Crippen LogP contribution is -2.09. The third-order valence-corrected chi connectivity index (χ3v) is 4.23. The van der Waals surface area contributed by atoms with E-state index in [1.165, 1.54) is 2.88 Å². The molecule has 0 spiro atoms. The highest BCUT2D eigenvalue weighted by Gasteiger charge is 2.18. The van der Waals surface area contributed by atoms with Gasteiger partial charge >= 0.3 is 0 Å². The highest BCUT2D eigenvalue weighted by Crippen LogP contribution is 2.30. The molecule has 1 N–H and O–H groups in total. The summed E-state index contributed by atoms with van der Waals surface area (Å²) in [5, 5.41) is 12.1. The van der Waals surface area contributed by atoms with Gasteiger partial charge in [-0.2, -0.15) is 0 Å². The first-order chi connectivity index (χ1) is 6.19. The number of aliphatic hydroxyl groups is 1. The molecule has 1 aromatic rings. The van der Waals surface area contributed by atoms with E-state index in [9.17, 15) is 5.11 Å². The Morgan fingerprint density at radius 1 is 1.46 bits per heavy atom. The van der Waals surface area contributed by atoms with Crippen molar-refractivity contribution in [1.82, 2.24) is 0 Å². The molecule has 0 fully saturated rings. The van der Waals surface area contributed by atoms with Gasteiger partial charge in [0, 0.05) is 0 Å². The molecule has 3 heteroatoms. The minimum atomic E-state index is -0.269. The Kier molecular flexibility index (Phi) is 4.69. The largest absolute Gasteiger partial charge is 0.388 e. The predicted octanol–water partition coefficient (Wildman–Crippen LogP) is 3.82. The molecule has 0 aliphatic rings. The lowest BCUT2D eigenvalue weighted by atomic mass is 9.93. The van der Waals surface area contributed by atoms with E-state index in [-0.39, 0.29) is 6.10 Å². The molecule has 1 unspecified atom stereocenters. The van der Waals surface area contributed by atoms with Gasteiger partial charge in [-0.25, -0.2) is 0 Å². The zero-order valence-corrected chi connectivity index (χ0v) is 10.9. The smallest absolute Gasteiger partial charge is 0.0826 e. The van der Waals surface area contributed by atoms with E-state index in [0.29, 0.717) is 5.92 Å². The van der Waals surface area contributed by atoms with Crippen molar-refractivity contribution in [3.63, 3.8) is 0 Å². The van der Waals surface area contributed by atoms with Crippen LogP contribution in [-0.4, -0.2) is 5.11 Å². The Hall–Kier alpha value is 0.390. The zero-order chi connectivity index (χ0) is 9.84. The van der Waals surface area contributed by atoms with Crippen LogP contribution in [0.2, 0.25) is 0 Å². The van der Waals surface area contributed by atoms with Gasteiger partial charge in [0.15, 0.2) is 0 Å². The summed E-state index contributed by atoms with van der Waals surface area (Å²) in [5.74, 6) is 0.408. The van der Waals surface area contributed by atoms with Crippen molar-refractivity contribution >= 4 is 33.9 Å². The van der Waals surface area contributed by atoms with E-state index < -0.39 is 0 Å². The molecular weight excluding hydrogens is 295 g/mol. The Morgan fingerprint density at radius 3 is 2.46 bits per heavy atom. The summed E-state index contributed by atoms with van der Waals surface area (Å²) >= 11 is 3.99. The molecule has 0 saturated carbocycles. The van der Waals surface area contributed by atoms with Gasteiger partial charge < -0.3 is 5.11 Å². The van der Waals surface area contributed by atoms with Crippen molar-refractivity contribution in [2.24, 2.45) is 5.92 Å². The maximum atomic E-state index is 10.00. The topological polar surface area (TPSA) is 20.2 Å². The summed E-state index contributed by atoms with van der Waals surface area (Å²) in [6, 6.07) is 2.08. The minimum absolute atomic E-state index is 0.269. The molecule has 1 atom stereocenters. The van der Waals surface area contributed by atoms with Gasteiger partial charge in [-0.1, -0.05) is 26.7 Å². The average molecular weight is 310 g/mol. The van der Waals surface area contributed by atoms with Crippen molar-refractivity contribution in [3.05, 3.63) is 19.9 Å². The number of rotatable bonds is 4. The number of hydrogen-bond donors (Lipinski definition) is 1. The van der Waals surface area contributed by atoms with Gasteiger partial charge in [-0.05, 0) is 45.5 Å². The molecule has 1 nitrogen and oxygen atoms in total. The molecule has 0 aliphatic carbocycles. The number of thiophene rings is 1. The van der Waals surface area contributed by atoms with Crippen LogP contribution < -0.4 is 0 Å². The molecule has 0 radical (unpaired) electrons. The monoisotopic (exact) mass is 310 g/mol. The summed E-state index contributed by atoms with van der Waals surface area (Å²) in [6.07, 6.45) is 1.82. The maximum Gasteiger partial charge on any atom is 0.0826 e. The Labute approximate surface area is 97.3 Å². The lowest BCUT2D eigenvalue weighted by Gasteiger charge is -2.18. The van der Waals surface area contributed by atoms with E-state index >= 15 is 0 Å². The number of hydrogen-bond acceptors (Lipinski definition) is 2. The summed E-state index contributed by atoms with van der Waals surface area (Å²) < 4.78 is 1.25. The summed E-state index contributed by atoms with van der Waals surface area (Å²) in [4.78, 5) is 0. The van der Waals surface area contributed by atoms with Crippen LogP contribution in [0.4, 0.5) is 0 Å². The van der Waals surface area contributed by atoms with Crippen LogP contribution in [0.3, 0.4) is 0 Å². The molecule has 1 aromatic heterocycles. The van der Waals surface area contributed by atoms with Gasteiger partial charge in [0.1, 0.15) is 0 Å². The minimum Gasteiger partial charge on any atom is -0.388 e. The Bertz CT molecular complexity index is 255. The molecule has 74 valence electrons. The van der Waals surface area contributed by atoms with Crippen LogP contribution >= 0.6 is 33.9 Å². The van der Waals surface area contributed by atoms with Crippen molar-refractivity contribution < 1.29 is 5.11 Å². The molecule has 1 heterocycles. The molecule has 0 saturated heterocycles. The fraction of sp³-hybridized carbons (Fsp3) is 0.600. The zero-order valence-electron chi connectivity index (χ0n) is 7.96.